The number of anilines is 1. The van der Waals surface area contributed by atoms with Gasteiger partial charge in [-0.3, -0.25) is 4.68 Å². The zero-order valence-corrected chi connectivity index (χ0v) is 12.7. The maximum atomic E-state index is 12.3. The first-order valence-corrected chi connectivity index (χ1v) is 8.19. The second-order valence-corrected chi connectivity index (χ2v) is 6.66. The molecule has 2 rings (SSSR count). The van der Waals surface area contributed by atoms with Crippen LogP contribution in [0.3, 0.4) is 0 Å². The highest BCUT2D eigenvalue weighted by molar-refractivity contribution is 7.89. The van der Waals surface area contributed by atoms with Gasteiger partial charge >= 0.3 is 0 Å². The molecule has 0 amide bonds. The molecular formula is C11H22N6O2S. The Morgan fingerprint density at radius 3 is 2.60 bits per heavy atom. The lowest BCUT2D eigenvalue weighted by molar-refractivity contribution is 0.135. The topological polar surface area (TPSA) is 96.5 Å². The molecule has 3 N–H and O–H groups in total. The molecule has 1 aromatic rings. The van der Waals surface area contributed by atoms with E-state index < -0.39 is 10.0 Å². The van der Waals surface area contributed by atoms with E-state index in [1.54, 1.807) is 9.69 Å². The summed E-state index contributed by atoms with van der Waals surface area (Å²) in [6.45, 7) is 5.60. The molecule has 1 fully saturated rings. The number of likely N-dealkylation sites (N-methyl/N-ethyl adjacent to an activating group) is 1. The molecule has 114 valence electrons. The zero-order valence-electron chi connectivity index (χ0n) is 11.9. The molecule has 9 heteroatoms. The highest BCUT2D eigenvalue weighted by Gasteiger charge is 2.25. The predicted octanol–water partition coefficient (Wildman–Crippen LogP) is -0.684. The summed E-state index contributed by atoms with van der Waals surface area (Å²) in [6.07, 6.45) is 2.35. The van der Waals surface area contributed by atoms with Crippen LogP contribution in [-0.2, 0) is 16.6 Å². The summed E-state index contributed by atoms with van der Waals surface area (Å²) >= 11 is 0. The number of hydrogen-bond donors (Lipinski definition) is 2. The molecule has 1 saturated heterocycles. The number of rotatable bonds is 5. The minimum absolute atomic E-state index is 0.0417. The van der Waals surface area contributed by atoms with Crippen molar-refractivity contribution in [1.82, 2.24) is 24.5 Å². The third-order valence-corrected chi connectivity index (χ3v) is 4.64. The number of aromatic nitrogens is 2. The summed E-state index contributed by atoms with van der Waals surface area (Å²) in [5.74, 6) is 0.0417. The summed E-state index contributed by atoms with van der Waals surface area (Å²) in [7, 11) is -1.64. The van der Waals surface area contributed by atoms with Crippen molar-refractivity contribution in [3.63, 3.8) is 0 Å². The second kappa shape index (κ2) is 6.08. The van der Waals surface area contributed by atoms with Gasteiger partial charge in [-0.15, -0.1) is 4.83 Å². The molecule has 0 bridgehead atoms. The fourth-order valence-electron chi connectivity index (χ4n) is 2.09. The standard InChI is InChI=1S/C11H22N6O2S/c1-3-4-17-9-10(11(12)13-17)20(18,19)14-16-7-5-15(2)6-8-16/h9,14H,3-8H2,1-2H3,(H2,12,13). The van der Waals surface area contributed by atoms with Gasteiger partial charge in [0.15, 0.2) is 5.82 Å². The Morgan fingerprint density at radius 1 is 1.35 bits per heavy atom. The van der Waals surface area contributed by atoms with E-state index in [1.165, 1.54) is 6.20 Å². The summed E-state index contributed by atoms with van der Waals surface area (Å²) < 4.78 is 26.2. The molecule has 0 spiro atoms. The van der Waals surface area contributed by atoms with Gasteiger partial charge in [-0.1, -0.05) is 6.92 Å². The van der Waals surface area contributed by atoms with Gasteiger partial charge in [-0.2, -0.15) is 5.10 Å². The molecule has 0 aromatic carbocycles. The molecule has 20 heavy (non-hydrogen) atoms. The third kappa shape index (κ3) is 3.48. The van der Waals surface area contributed by atoms with E-state index in [9.17, 15) is 8.42 Å². The Kier molecular flexibility index (Phi) is 4.63. The molecule has 0 aliphatic carbocycles. The minimum Gasteiger partial charge on any atom is -0.381 e. The van der Waals surface area contributed by atoms with Crippen molar-refractivity contribution in [2.45, 2.75) is 24.8 Å². The summed E-state index contributed by atoms with van der Waals surface area (Å²) in [5.41, 5.74) is 5.71. The predicted molar refractivity (Wildman–Crippen MR) is 76.3 cm³/mol. The van der Waals surface area contributed by atoms with Crippen LogP contribution in [0.4, 0.5) is 5.82 Å². The lowest BCUT2D eigenvalue weighted by atomic mass is 10.4. The highest BCUT2D eigenvalue weighted by atomic mass is 32.2. The largest absolute Gasteiger partial charge is 0.381 e. The third-order valence-electron chi connectivity index (χ3n) is 3.25. The van der Waals surface area contributed by atoms with Gasteiger partial charge < -0.3 is 10.6 Å². The first-order chi connectivity index (χ1) is 9.42. The number of nitrogens with one attached hydrogen (secondary N) is 1. The monoisotopic (exact) mass is 302 g/mol. The summed E-state index contributed by atoms with van der Waals surface area (Å²) in [6, 6.07) is 0. The van der Waals surface area contributed by atoms with Crippen LogP contribution in [0.5, 0.6) is 0 Å². The Hall–Kier alpha value is -1.16. The van der Waals surface area contributed by atoms with Crippen molar-refractivity contribution in [2.75, 3.05) is 39.0 Å². The summed E-state index contributed by atoms with van der Waals surface area (Å²) in [4.78, 5) is 4.77. The van der Waals surface area contributed by atoms with Crippen LogP contribution in [0.15, 0.2) is 11.1 Å². The molecule has 8 nitrogen and oxygen atoms in total. The van der Waals surface area contributed by atoms with E-state index >= 15 is 0 Å². The average Bonchev–Trinajstić information content (AvgIpc) is 2.74. The zero-order chi connectivity index (χ0) is 14.8. The van der Waals surface area contributed by atoms with Crippen LogP contribution < -0.4 is 10.6 Å². The van der Waals surface area contributed by atoms with E-state index in [1.807, 2.05) is 14.0 Å². The first-order valence-electron chi connectivity index (χ1n) is 6.71. The number of nitrogens with zero attached hydrogens (tertiary/aromatic N) is 4. The van der Waals surface area contributed by atoms with Crippen LogP contribution >= 0.6 is 0 Å². The normalized spacial score (nSPS) is 18.5. The average molecular weight is 302 g/mol. The number of piperazine rings is 1. The maximum absolute atomic E-state index is 12.3. The second-order valence-electron chi connectivity index (χ2n) is 5.03. The van der Waals surface area contributed by atoms with Gasteiger partial charge in [0.2, 0.25) is 0 Å². The van der Waals surface area contributed by atoms with Crippen LogP contribution in [-0.4, -0.2) is 61.3 Å². The highest BCUT2D eigenvalue weighted by Crippen LogP contribution is 2.16. The van der Waals surface area contributed by atoms with Crippen LogP contribution in [0.1, 0.15) is 13.3 Å². The number of nitrogens with two attached hydrogens (primary N) is 1. The van der Waals surface area contributed by atoms with Gasteiger partial charge in [-0.25, -0.2) is 13.4 Å². The van der Waals surface area contributed by atoms with E-state index in [0.717, 1.165) is 19.5 Å². The van der Waals surface area contributed by atoms with Crippen LogP contribution in [0.2, 0.25) is 0 Å². The van der Waals surface area contributed by atoms with Crippen molar-refractivity contribution in [3.8, 4) is 0 Å². The SMILES string of the molecule is CCCn1cc(S(=O)(=O)NN2CCN(C)CC2)c(N)n1. The fraction of sp³-hybridized carbons (Fsp3) is 0.727. The molecule has 2 heterocycles. The Balaban J connectivity index is 2.10. The summed E-state index contributed by atoms with van der Waals surface area (Å²) in [5, 5.41) is 5.72. The van der Waals surface area contributed by atoms with E-state index in [2.05, 4.69) is 14.8 Å². The van der Waals surface area contributed by atoms with Gasteiger partial charge in [-0.05, 0) is 13.5 Å². The number of hydrazine groups is 1. The molecule has 0 radical (unpaired) electrons. The number of aryl methyl sites for hydroxylation is 1. The lowest BCUT2D eigenvalue weighted by Gasteiger charge is -2.31. The van der Waals surface area contributed by atoms with Gasteiger partial charge in [0.1, 0.15) is 4.90 Å². The van der Waals surface area contributed by atoms with E-state index in [-0.39, 0.29) is 10.7 Å². The van der Waals surface area contributed by atoms with Crippen molar-refractivity contribution in [2.24, 2.45) is 0 Å². The van der Waals surface area contributed by atoms with E-state index in [4.69, 9.17) is 5.73 Å². The Labute approximate surface area is 119 Å². The van der Waals surface area contributed by atoms with Gasteiger partial charge in [0, 0.05) is 38.9 Å². The van der Waals surface area contributed by atoms with Crippen molar-refractivity contribution < 1.29 is 8.42 Å². The molecular weight excluding hydrogens is 280 g/mol. The van der Waals surface area contributed by atoms with Crippen molar-refractivity contribution in [3.05, 3.63) is 6.20 Å². The van der Waals surface area contributed by atoms with Crippen LogP contribution in [0, 0.1) is 0 Å². The van der Waals surface area contributed by atoms with Crippen molar-refractivity contribution >= 4 is 15.8 Å². The molecule has 0 atom stereocenters. The Bertz CT molecular complexity index is 547. The first kappa shape index (κ1) is 15.2. The minimum atomic E-state index is -3.66. The van der Waals surface area contributed by atoms with Crippen molar-refractivity contribution in [1.29, 1.82) is 0 Å². The molecule has 0 saturated carbocycles. The molecule has 1 aliphatic heterocycles. The fourth-order valence-corrected chi connectivity index (χ4v) is 3.28. The molecule has 1 aliphatic rings. The van der Waals surface area contributed by atoms with Gasteiger partial charge in [0.25, 0.3) is 10.0 Å². The molecule has 1 aromatic heterocycles. The number of nitrogen functional groups attached to an aromatic ring is 1. The Morgan fingerprint density at radius 2 is 2.00 bits per heavy atom. The smallest absolute Gasteiger partial charge is 0.258 e. The maximum Gasteiger partial charge on any atom is 0.258 e. The quantitative estimate of drug-likeness (QED) is 0.748. The van der Waals surface area contributed by atoms with E-state index in [0.29, 0.717) is 19.6 Å². The molecule has 0 unspecified atom stereocenters. The van der Waals surface area contributed by atoms with Gasteiger partial charge in [0.05, 0.1) is 0 Å². The number of hydrogen-bond acceptors (Lipinski definition) is 6. The van der Waals surface area contributed by atoms with Crippen LogP contribution in [0.25, 0.3) is 0 Å². The lowest BCUT2D eigenvalue weighted by Crippen LogP contribution is -2.52. The number of sulfonamides is 1.